The lowest BCUT2D eigenvalue weighted by atomic mass is 9.89. The summed E-state index contributed by atoms with van der Waals surface area (Å²) >= 11 is 0. The van der Waals surface area contributed by atoms with Gasteiger partial charge in [0, 0.05) is 12.1 Å². The number of nitrogens with zero attached hydrogens (tertiary/aromatic N) is 1. The van der Waals surface area contributed by atoms with Crippen molar-refractivity contribution >= 4 is 17.3 Å². The first-order valence-corrected chi connectivity index (χ1v) is 11.2. The Morgan fingerprint density at radius 3 is 2.88 bits per heavy atom. The third-order valence-corrected chi connectivity index (χ3v) is 6.03. The summed E-state index contributed by atoms with van der Waals surface area (Å²) in [5.74, 6) is 1.70. The van der Waals surface area contributed by atoms with Crippen molar-refractivity contribution in [2.75, 3.05) is 44.9 Å². The molecule has 0 saturated carbocycles. The lowest BCUT2D eigenvalue weighted by Gasteiger charge is -2.32. The van der Waals surface area contributed by atoms with Crippen LogP contribution in [0.25, 0.3) is 0 Å². The van der Waals surface area contributed by atoms with Gasteiger partial charge in [-0.3, -0.25) is 11.1 Å². The molecule has 32 heavy (non-hydrogen) atoms. The van der Waals surface area contributed by atoms with Crippen molar-refractivity contribution in [1.29, 1.82) is 5.41 Å². The van der Waals surface area contributed by atoms with Crippen molar-refractivity contribution in [3.8, 4) is 0 Å². The van der Waals surface area contributed by atoms with E-state index in [0.29, 0.717) is 24.9 Å². The maximum absolute atomic E-state index is 7.82. The van der Waals surface area contributed by atoms with Gasteiger partial charge in [-0.1, -0.05) is 24.8 Å². The fourth-order valence-electron chi connectivity index (χ4n) is 4.20. The number of anilines is 2. The normalized spacial score (nSPS) is 19.6. The van der Waals surface area contributed by atoms with E-state index in [1.54, 1.807) is 12.2 Å². The van der Waals surface area contributed by atoms with Gasteiger partial charge in [-0.05, 0) is 68.1 Å². The second-order valence-corrected chi connectivity index (χ2v) is 8.17. The summed E-state index contributed by atoms with van der Waals surface area (Å²) in [6.07, 6.45) is 10.6. The number of likely N-dealkylation sites (tertiary alicyclic amines) is 1. The van der Waals surface area contributed by atoms with Crippen LogP contribution in [-0.4, -0.2) is 50.4 Å². The molecule has 3 aliphatic heterocycles. The highest BCUT2D eigenvalue weighted by Crippen LogP contribution is 2.41. The summed E-state index contributed by atoms with van der Waals surface area (Å²) in [6.45, 7) is 7.92. The van der Waals surface area contributed by atoms with Gasteiger partial charge < -0.3 is 24.4 Å². The minimum Gasteiger partial charge on any atom is -0.493 e. The zero-order valence-corrected chi connectivity index (χ0v) is 18.4. The van der Waals surface area contributed by atoms with E-state index in [1.807, 2.05) is 12.2 Å². The van der Waals surface area contributed by atoms with Crippen molar-refractivity contribution in [1.82, 2.24) is 4.90 Å². The first kappa shape index (κ1) is 22.2. The molecule has 3 heterocycles. The number of hydrogen-bond acceptors (Lipinski definition) is 7. The number of piperidine rings is 1. The molecule has 0 unspecified atom stereocenters. The van der Waals surface area contributed by atoms with Crippen LogP contribution >= 0.6 is 0 Å². The number of hydrogen-bond donors (Lipinski definition) is 3. The highest BCUT2D eigenvalue weighted by atomic mass is 16.5. The summed E-state index contributed by atoms with van der Waals surface area (Å²) in [6, 6.07) is 6.78. The molecule has 1 aromatic carbocycles. The number of rotatable bonds is 10. The first-order valence-electron chi connectivity index (χ1n) is 11.2. The average molecular weight is 437 g/mol. The molecule has 4 N–H and O–H groups in total. The molecular formula is C25H32N4O3. The molecule has 0 aliphatic carbocycles. The van der Waals surface area contributed by atoms with E-state index in [0.717, 1.165) is 37.4 Å². The van der Waals surface area contributed by atoms with E-state index in [4.69, 9.17) is 25.4 Å². The Bertz CT molecular complexity index is 943. The van der Waals surface area contributed by atoms with Gasteiger partial charge in [-0.2, -0.15) is 0 Å². The smallest absolute Gasteiger partial charge is 0.250 e. The lowest BCUT2D eigenvalue weighted by molar-refractivity contribution is 0.167. The standard InChI is InChI=1S/C25H32N4O3/c1-2-3-5-23(20-15-24(31-16-20)25(27)32-17-26)30-13-4-10-29-11-8-18(9-12-29)19-6-7-21-22(14-19)28-21/h2-3,5-7,14-15,18,27-28H,1,4,8-13,16-17,26H2/b5-3-,23-20+,27-25?. The van der Waals surface area contributed by atoms with Crippen LogP contribution in [0, 0.1) is 5.41 Å². The third kappa shape index (κ3) is 5.60. The Morgan fingerprint density at radius 1 is 1.28 bits per heavy atom. The molecule has 0 atom stereocenters. The Balaban J connectivity index is 1.23. The average Bonchev–Trinajstić information content (AvgIpc) is 3.43. The van der Waals surface area contributed by atoms with E-state index < -0.39 is 0 Å². The number of allylic oxidation sites excluding steroid dienone is 3. The van der Waals surface area contributed by atoms with Gasteiger partial charge in [0.15, 0.2) is 5.76 Å². The number of fused-ring (bicyclic) bond motifs is 1. The third-order valence-electron chi connectivity index (χ3n) is 6.03. The summed E-state index contributed by atoms with van der Waals surface area (Å²) in [5.41, 5.74) is 10.3. The first-order chi connectivity index (χ1) is 15.7. The number of nitrogens with one attached hydrogen (secondary N) is 2. The van der Waals surface area contributed by atoms with Crippen molar-refractivity contribution in [2.24, 2.45) is 5.73 Å². The molecule has 0 amide bonds. The van der Waals surface area contributed by atoms with E-state index in [2.05, 4.69) is 35.0 Å². The van der Waals surface area contributed by atoms with Crippen molar-refractivity contribution in [3.63, 3.8) is 0 Å². The van der Waals surface area contributed by atoms with Gasteiger partial charge in [0.2, 0.25) is 0 Å². The Hall–Kier alpha value is -3.03. The Kier molecular flexibility index (Phi) is 7.29. The second kappa shape index (κ2) is 10.5. The topological polar surface area (TPSA) is 103 Å². The molecule has 0 spiro atoms. The second-order valence-electron chi connectivity index (χ2n) is 8.17. The molecule has 7 nitrogen and oxygen atoms in total. The van der Waals surface area contributed by atoms with Gasteiger partial charge in [0.05, 0.1) is 18.0 Å². The van der Waals surface area contributed by atoms with Gasteiger partial charge in [-0.25, -0.2) is 0 Å². The Labute approximate surface area is 189 Å². The zero-order chi connectivity index (χ0) is 22.3. The van der Waals surface area contributed by atoms with Crippen LogP contribution in [0.5, 0.6) is 0 Å². The molecular weight excluding hydrogens is 404 g/mol. The summed E-state index contributed by atoms with van der Waals surface area (Å²) in [7, 11) is 0. The molecule has 0 aromatic heterocycles. The predicted octanol–water partition coefficient (Wildman–Crippen LogP) is 4.15. The van der Waals surface area contributed by atoms with Gasteiger partial charge in [0.25, 0.3) is 5.90 Å². The van der Waals surface area contributed by atoms with E-state index in [-0.39, 0.29) is 12.6 Å². The van der Waals surface area contributed by atoms with Crippen molar-refractivity contribution < 1.29 is 14.2 Å². The van der Waals surface area contributed by atoms with E-state index in [9.17, 15) is 0 Å². The van der Waals surface area contributed by atoms with Crippen LogP contribution < -0.4 is 11.1 Å². The fraction of sp³-hybridized carbons (Fsp3) is 0.400. The summed E-state index contributed by atoms with van der Waals surface area (Å²) in [4.78, 5) is 2.53. The summed E-state index contributed by atoms with van der Waals surface area (Å²) < 4.78 is 16.6. The maximum atomic E-state index is 7.82. The quantitative estimate of drug-likeness (QED) is 0.0983. The van der Waals surface area contributed by atoms with Gasteiger partial charge >= 0.3 is 0 Å². The molecule has 0 bridgehead atoms. The zero-order valence-electron chi connectivity index (χ0n) is 18.4. The van der Waals surface area contributed by atoms with Crippen LogP contribution in [0.4, 0.5) is 11.4 Å². The lowest BCUT2D eigenvalue weighted by Crippen LogP contribution is -2.34. The molecule has 3 aliphatic rings. The molecule has 1 fully saturated rings. The van der Waals surface area contributed by atoms with Gasteiger partial charge in [0.1, 0.15) is 19.1 Å². The van der Waals surface area contributed by atoms with Crippen LogP contribution in [0.2, 0.25) is 0 Å². The highest BCUT2D eigenvalue weighted by molar-refractivity contribution is 5.90. The molecule has 1 aromatic rings. The largest absolute Gasteiger partial charge is 0.493 e. The molecule has 1 saturated heterocycles. The van der Waals surface area contributed by atoms with Crippen molar-refractivity contribution in [3.05, 3.63) is 71.7 Å². The van der Waals surface area contributed by atoms with Crippen LogP contribution in [-0.2, 0) is 14.2 Å². The number of benzene rings is 1. The van der Waals surface area contributed by atoms with Crippen LogP contribution in [0.15, 0.2) is 66.2 Å². The summed E-state index contributed by atoms with van der Waals surface area (Å²) in [5, 5.41) is 11.1. The SMILES string of the molecule is C=C/C=C\C(OCCCN1CCC(c2ccc3c(c2)N3)CC1)=C1\C=C(C(=N)OCN)OC1. The number of nitrogens with two attached hydrogens (primary N) is 1. The van der Waals surface area contributed by atoms with E-state index in [1.165, 1.54) is 29.8 Å². The van der Waals surface area contributed by atoms with Crippen LogP contribution in [0.3, 0.4) is 0 Å². The predicted molar refractivity (Wildman–Crippen MR) is 127 cm³/mol. The van der Waals surface area contributed by atoms with Crippen molar-refractivity contribution in [2.45, 2.75) is 25.2 Å². The van der Waals surface area contributed by atoms with E-state index >= 15 is 0 Å². The van der Waals surface area contributed by atoms with Crippen LogP contribution in [0.1, 0.15) is 30.7 Å². The Morgan fingerprint density at radius 2 is 2.12 bits per heavy atom. The molecule has 0 radical (unpaired) electrons. The number of ether oxygens (including phenoxy) is 3. The molecule has 170 valence electrons. The maximum Gasteiger partial charge on any atom is 0.250 e. The fourth-order valence-corrected chi connectivity index (χ4v) is 4.20. The molecule has 4 rings (SSSR count). The minimum absolute atomic E-state index is 0.0555. The van der Waals surface area contributed by atoms with Gasteiger partial charge in [-0.15, -0.1) is 0 Å². The minimum atomic E-state index is -0.0667. The molecule has 7 heteroatoms. The monoisotopic (exact) mass is 436 g/mol. The highest BCUT2D eigenvalue weighted by Gasteiger charge is 2.24.